The number of hydrogen-bond donors (Lipinski definition) is 2. The Hall–Kier alpha value is -2.66. The highest BCUT2D eigenvalue weighted by atomic mass is 32.2. The highest BCUT2D eigenvalue weighted by Gasteiger charge is 2.48. The van der Waals surface area contributed by atoms with E-state index in [0.717, 1.165) is 11.5 Å². The Balaban J connectivity index is 2.40. The number of nitrogens with two attached hydrogens (primary N) is 1. The summed E-state index contributed by atoms with van der Waals surface area (Å²) in [6.07, 6.45) is 0. The molecule has 2 aromatic carbocycles. The molecule has 2 rings (SSSR count). The van der Waals surface area contributed by atoms with Gasteiger partial charge in [-0.15, -0.1) is 4.28 Å². The van der Waals surface area contributed by atoms with Gasteiger partial charge >= 0.3 is 15.6 Å². The molecule has 24 heavy (non-hydrogen) atoms. The van der Waals surface area contributed by atoms with Crippen molar-refractivity contribution in [3.8, 4) is 0 Å². The molecule has 0 aromatic heterocycles. The molecule has 0 saturated carbocycles. The van der Waals surface area contributed by atoms with Gasteiger partial charge in [0.05, 0.1) is 11.1 Å². The van der Waals surface area contributed by atoms with Crippen LogP contribution in [0.1, 0.15) is 20.7 Å². The minimum absolute atomic E-state index is 0.274. The maximum Gasteiger partial charge on any atom is 0.525 e. The van der Waals surface area contributed by atoms with Crippen molar-refractivity contribution in [1.29, 1.82) is 0 Å². The van der Waals surface area contributed by atoms with Crippen LogP contribution in [0, 0.1) is 0 Å². The van der Waals surface area contributed by atoms with Crippen LogP contribution in [-0.2, 0) is 14.4 Å². The van der Waals surface area contributed by atoms with Crippen LogP contribution < -0.4 is 11.2 Å². The lowest BCUT2D eigenvalue weighted by molar-refractivity contribution is -0.0571. The second kappa shape index (κ2) is 6.09. The maximum absolute atomic E-state index is 12.2. The number of nitrogens with one attached hydrogen (secondary N) is 1. The van der Waals surface area contributed by atoms with Crippen molar-refractivity contribution in [2.24, 2.45) is 5.73 Å². The second-order valence-corrected chi connectivity index (χ2v) is 6.03. The van der Waals surface area contributed by atoms with Crippen LogP contribution in [0.15, 0.2) is 36.4 Å². The van der Waals surface area contributed by atoms with Crippen molar-refractivity contribution >= 4 is 32.7 Å². The average molecular weight is 362 g/mol. The van der Waals surface area contributed by atoms with E-state index in [2.05, 4.69) is 4.28 Å². The molecule has 2 amide bonds. The molecule has 0 heterocycles. The summed E-state index contributed by atoms with van der Waals surface area (Å²) in [4.78, 5) is 23.5. The van der Waals surface area contributed by atoms with Gasteiger partial charge in [-0.05, 0) is 16.8 Å². The Bertz CT molecular complexity index is 925. The maximum atomic E-state index is 12.2. The number of halogens is 3. The Morgan fingerprint density at radius 2 is 1.71 bits per heavy atom. The molecule has 3 N–H and O–H groups in total. The van der Waals surface area contributed by atoms with Gasteiger partial charge in [-0.25, -0.2) is 5.48 Å². The lowest BCUT2D eigenvalue weighted by atomic mass is 9.98. The number of hydrogen-bond acceptors (Lipinski definition) is 5. The predicted octanol–water partition coefficient (Wildman–Crippen LogP) is 1.45. The molecule has 128 valence electrons. The molecule has 7 nitrogen and oxygen atoms in total. The van der Waals surface area contributed by atoms with Gasteiger partial charge in [0, 0.05) is 0 Å². The topological polar surface area (TPSA) is 116 Å². The number of carbonyl (C=O) groups excluding carboxylic acids is 2. The van der Waals surface area contributed by atoms with Gasteiger partial charge in [0.25, 0.3) is 5.91 Å². The number of fused-ring (bicyclic) bond motifs is 1. The average Bonchev–Trinajstić information content (AvgIpc) is 2.50. The highest BCUT2D eigenvalue weighted by Crippen LogP contribution is 2.25. The van der Waals surface area contributed by atoms with Crippen LogP contribution in [0.5, 0.6) is 0 Å². The normalized spacial score (nSPS) is 12.1. The fourth-order valence-electron chi connectivity index (χ4n) is 1.92. The fraction of sp³-hybridized carbons (Fsp3) is 0.0769. The van der Waals surface area contributed by atoms with E-state index in [-0.39, 0.29) is 10.9 Å². The van der Waals surface area contributed by atoms with Gasteiger partial charge in [0.1, 0.15) is 0 Å². The summed E-state index contributed by atoms with van der Waals surface area (Å²) >= 11 is 0. The summed E-state index contributed by atoms with van der Waals surface area (Å²) in [5.41, 5.74) is -0.0603. The molecule has 0 radical (unpaired) electrons. The van der Waals surface area contributed by atoms with E-state index < -0.39 is 33.0 Å². The van der Waals surface area contributed by atoms with E-state index >= 15 is 0 Å². The third-order valence-electron chi connectivity index (χ3n) is 2.95. The van der Waals surface area contributed by atoms with E-state index in [0.29, 0.717) is 5.39 Å². The van der Waals surface area contributed by atoms with E-state index in [4.69, 9.17) is 5.73 Å². The zero-order valence-corrected chi connectivity index (χ0v) is 12.4. The molecule has 0 aliphatic heterocycles. The molecule has 0 saturated heterocycles. The number of primary amides is 1. The highest BCUT2D eigenvalue weighted by molar-refractivity contribution is 7.87. The van der Waals surface area contributed by atoms with E-state index in [1.165, 1.54) is 12.1 Å². The summed E-state index contributed by atoms with van der Waals surface area (Å²) in [7, 11) is -6.02. The van der Waals surface area contributed by atoms with Crippen molar-refractivity contribution in [2.75, 3.05) is 0 Å². The Morgan fingerprint density at radius 3 is 2.29 bits per heavy atom. The summed E-state index contributed by atoms with van der Waals surface area (Å²) in [5.74, 6) is -2.39. The SMILES string of the molecule is NC(=O)c1c(C(=O)NOS(=O)(=O)C(F)(F)F)ccc2ccccc12. The molecule has 0 aliphatic rings. The fourth-order valence-corrected chi connectivity index (χ4v) is 2.20. The summed E-state index contributed by atoms with van der Waals surface area (Å²) < 4.78 is 61.5. The van der Waals surface area contributed by atoms with Crippen molar-refractivity contribution in [2.45, 2.75) is 5.51 Å². The Kier molecular flexibility index (Phi) is 4.49. The number of rotatable bonds is 4. The molecule has 0 fully saturated rings. The number of benzene rings is 2. The minimum Gasteiger partial charge on any atom is -0.366 e. The zero-order chi connectivity index (χ0) is 18.1. The molecular formula is C13H9F3N2O5S. The van der Waals surface area contributed by atoms with Crippen LogP contribution in [0.3, 0.4) is 0 Å². The Labute approximate surface area is 133 Å². The molecule has 0 unspecified atom stereocenters. The monoisotopic (exact) mass is 362 g/mol. The quantitative estimate of drug-likeness (QED) is 0.631. The van der Waals surface area contributed by atoms with Gasteiger partial charge in [0.15, 0.2) is 0 Å². The Morgan fingerprint density at radius 1 is 1.08 bits per heavy atom. The number of hydroxylamine groups is 1. The van der Waals surface area contributed by atoms with Crippen molar-refractivity contribution in [3.05, 3.63) is 47.5 Å². The standard InChI is InChI=1S/C13H9F3N2O5S/c14-13(15,16)24(21,22)23-18-12(20)9-6-5-7-3-1-2-4-8(7)10(9)11(17)19/h1-6H,(H2,17,19)(H,18,20). The van der Waals surface area contributed by atoms with Gasteiger partial charge in [0.2, 0.25) is 5.91 Å². The number of alkyl halides is 3. The van der Waals surface area contributed by atoms with E-state index in [1.807, 2.05) is 0 Å². The van der Waals surface area contributed by atoms with E-state index in [9.17, 15) is 31.2 Å². The minimum atomic E-state index is -6.02. The molecule has 2 aromatic rings. The first-order valence-electron chi connectivity index (χ1n) is 6.16. The molecule has 0 aliphatic carbocycles. The molecule has 11 heteroatoms. The molecule has 0 bridgehead atoms. The third-order valence-corrected chi connectivity index (χ3v) is 3.82. The van der Waals surface area contributed by atoms with Crippen LogP contribution in [0.2, 0.25) is 0 Å². The summed E-state index contributed by atoms with van der Waals surface area (Å²) in [5, 5.41) is 0.822. The second-order valence-electron chi connectivity index (χ2n) is 4.49. The first kappa shape index (κ1) is 17.7. The van der Waals surface area contributed by atoms with Gasteiger partial charge in [-0.1, -0.05) is 30.3 Å². The molecule has 0 atom stereocenters. The molecule has 0 spiro atoms. The first-order chi connectivity index (χ1) is 11.0. The number of carbonyl (C=O) groups is 2. The largest absolute Gasteiger partial charge is 0.525 e. The van der Waals surface area contributed by atoms with Crippen LogP contribution in [0.4, 0.5) is 13.2 Å². The lowest BCUT2D eigenvalue weighted by Crippen LogP contribution is -2.35. The lowest BCUT2D eigenvalue weighted by Gasteiger charge is -2.11. The third kappa shape index (κ3) is 3.31. The smallest absolute Gasteiger partial charge is 0.366 e. The van der Waals surface area contributed by atoms with Gasteiger partial charge < -0.3 is 5.73 Å². The van der Waals surface area contributed by atoms with Crippen LogP contribution >= 0.6 is 0 Å². The van der Waals surface area contributed by atoms with Crippen molar-refractivity contribution < 1.29 is 35.5 Å². The first-order valence-corrected chi connectivity index (χ1v) is 7.57. The summed E-state index contributed by atoms with van der Waals surface area (Å²) in [6, 6.07) is 8.83. The summed E-state index contributed by atoms with van der Waals surface area (Å²) in [6.45, 7) is 0. The van der Waals surface area contributed by atoms with Crippen LogP contribution in [0.25, 0.3) is 10.8 Å². The van der Waals surface area contributed by atoms with Crippen molar-refractivity contribution in [3.63, 3.8) is 0 Å². The van der Waals surface area contributed by atoms with Gasteiger partial charge in [-0.2, -0.15) is 21.6 Å². The zero-order valence-electron chi connectivity index (χ0n) is 11.6. The van der Waals surface area contributed by atoms with E-state index in [1.54, 1.807) is 18.2 Å². The predicted molar refractivity (Wildman–Crippen MR) is 76.0 cm³/mol. The van der Waals surface area contributed by atoms with Crippen molar-refractivity contribution in [1.82, 2.24) is 5.48 Å². The number of amides is 2. The van der Waals surface area contributed by atoms with Crippen LogP contribution in [-0.4, -0.2) is 25.7 Å². The van der Waals surface area contributed by atoms with Gasteiger partial charge in [-0.3, -0.25) is 9.59 Å². The molecular weight excluding hydrogens is 353 g/mol.